The minimum Gasteiger partial charge on any atom is -0.464 e. The molecule has 2 fully saturated rings. The number of halogens is 2. The van der Waals surface area contributed by atoms with E-state index in [0.717, 1.165) is 4.31 Å². The van der Waals surface area contributed by atoms with Crippen LogP contribution in [0.4, 0.5) is 14.0 Å². The number of imide groups is 1. The van der Waals surface area contributed by atoms with Gasteiger partial charge >= 0.3 is 22.4 Å². The minimum atomic E-state index is -4.35. The highest BCUT2D eigenvalue weighted by Crippen LogP contribution is 2.51. The summed E-state index contributed by atoms with van der Waals surface area (Å²) in [5.41, 5.74) is 0.205. The number of hydrogen-bond acceptors (Lipinski definition) is 7. The number of nitrogens with one attached hydrogen (secondary N) is 2. The molecular weight excluding hydrogens is 627 g/mol. The van der Waals surface area contributed by atoms with Crippen LogP contribution in [0.1, 0.15) is 48.3 Å². The molecule has 0 bridgehead atoms. The van der Waals surface area contributed by atoms with Crippen LogP contribution in [-0.2, 0) is 36.7 Å². The number of carbonyl (C=O) groups is 4. The summed E-state index contributed by atoms with van der Waals surface area (Å²) in [5, 5.41) is 11.1. The average molecular weight is 653 g/mol. The first kappa shape index (κ1) is 29.0. The second-order valence-electron chi connectivity index (χ2n) is 10.2. The SMILES string of the molecule is O=C(O)NS(=O)(=O)N1CCC[C@@H](N(Cc2ccc(F)cc2)C(=O)CC2C[C@@]3(OC(=O)NC3=O)c3ccc(Br)cc32)C1. The van der Waals surface area contributed by atoms with Gasteiger partial charge in [0, 0.05) is 48.6 Å². The lowest BCUT2D eigenvalue weighted by Gasteiger charge is -2.39. The number of benzene rings is 2. The van der Waals surface area contributed by atoms with E-state index in [1.165, 1.54) is 33.9 Å². The molecule has 1 unspecified atom stereocenters. The van der Waals surface area contributed by atoms with E-state index in [1.54, 1.807) is 18.2 Å². The van der Waals surface area contributed by atoms with Crippen molar-refractivity contribution in [3.8, 4) is 0 Å². The van der Waals surface area contributed by atoms with E-state index in [4.69, 9.17) is 9.84 Å². The molecule has 2 saturated heterocycles. The highest BCUT2D eigenvalue weighted by molar-refractivity contribution is 9.10. The summed E-state index contributed by atoms with van der Waals surface area (Å²) in [5.74, 6) is -1.94. The normalized spacial score (nSPS) is 24.0. The lowest BCUT2D eigenvalue weighted by molar-refractivity contribution is -0.137. The summed E-state index contributed by atoms with van der Waals surface area (Å²) in [6.07, 6.45) is -1.82. The van der Waals surface area contributed by atoms with Gasteiger partial charge in [0.15, 0.2) is 0 Å². The van der Waals surface area contributed by atoms with Gasteiger partial charge in [0.2, 0.25) is 11.5 Å². The van der Waals surface area contributed by atoms with Gasteiger partial charge in [0.25, 0.3) is 5.91 Å². The van der Waals surface area contributed by atoms with Crippen molar-refractivity contribution < 1.29 is 41.8 Å². The van der Waals surface area contributed by atoms with Crippen LogP contribution in [0.3, 0.4) is 0 Å². The van der Waals surface area contributed by atoms with Crippen LogP contribution < -0.4 is 10.0 Å². The number of carbonyl (C=O) groups excluding carboxylic acids is 3. The van der Waals surface area contributed by atoms with Crippen LogP contribution in [0, 0.1) is 5.82 Å². The van der Waals surface area contributed by atoms with Gasteiger partial charge in [0.1, 0.15) is 5.82 Å². The Labute approximate surface area is 243 Å². The van der Waals surface area contributed by atoms with E-state index in [1.807, 2.05) is 0 Å². The number of rotatable bonds is 7. The molecule has 4 amide bonds. The van der Waals surface area contributed by atoms with Crippen LogP contribution >= 0.6 is 15.9 Å². The molecule has 15 heteroatoms. The minimum absolute atomic E-state index is 0.0419. The zero-order chi connectivity index (χ0) is 29.5. The fraction of sp³-hybridized carbons (Fsp3) is 0.385. The van der Waals surface area contributed by atoms with Crippen molar-refractivity contribution in [2.45, 2.75) is 49.8 Å². The van der Waals surface area contributed by atoms with Gasteiger partial charge in [-0.05, 0) is 54.2 Å². The summed E-state index contributed by atoms with van der Waals surface area (Å²) < 4.78 is 47.4. The van der Waals surface area contributed by atoms with E-state index in [0.29, 0.717) is 34.0 Å². The molecule has 2 aromatic carbocycles. The smallest absolute Gasteiger partial charge is 0.419 e. The number of carboxylic acid groups (broad SMARTS) is 1. The van der Waals surface area contributed by atoms with Crippen molar-refractivity contribution in [3.05, 3.63) is 69.4 Å². The first-order valence-corrected chi connectivity index (χ1v) is 15.0. The van der Waals surface area contributed by atoms with Crippen LogP contribution in [0.25, 0.3) is 0 Å². The molecule has 1 spiro atoms. The number of ether oxygens (including phenoxy) is 1. The summed E-state index contributed by atoms with van der Waals surface area (Å²) >= 11 is 3.42. The molecule has 3 aliphatic rings. The maximum absolute atomic E-state index is 14.0. The molecule has 2 heterocycles. The number of fused-ring (bicyclic) bond motifs is 2. The largest absolute Gasteiger partial charge is 0.464 e. The zero-order valence-corrected chi connectivity index (χ0v) is 23.9. The molecule has 3 atom stereocenters. The Morgan fingerprint density at radius 2 is 1.95 bits per heavy atom. The Morgan fingerprint density at radius 3 is 2.61 bits per heavy atom. The van der Waals surface area contributed by atoms with Gasteiger partial charge in [-0.1, -0.05) is 34.1 Å². The molecule has 12 nitrogen and oxygen atoms in total. The first-order chi connectivity index (χ1) is 19.4. The standard InChI is InChI=1S/C26H26BrFN4O8S/c27-17-5-8-21-20(11-17)16(12-26(21)23(34)29-25(37)40-26)10-22(33)32(13-15-3-6-18(28)7-4-15)19-2-1-9-31(14-19)41(38,39)30-24(35)36/h3-8,11,16,19,30H,1-2,9-10,12-14H2,(H,35,36)(H,29,34,37)/t16?,19-,26-/m1/s1. The highest BCUT2D eigenvalue weighted by atomic mass is 79.9. The molecule has 41 heavy (non-hydrogen) atoms. The molecule has 3 N–H and O–H groups in total. The Kier molecular flexibility index (Phi) is 7.78. The average Bonchev–Trinajstić information content (AvgIpc) is 3.36. The number of alkyl carbamates (subject to hydrolysis) is 1. The van der Waals surface area contributed by atoms with Gasteiger partial charge in [-0.3, -0.25) is 14.9 Å². The fourth-order valence-electron chi connectivity index (χ4n) is 5.83. The molecule has 218 valence electrons. The lowest BCUT2D eigenvalue weighted by atomic mass is 9.93. The van der Waals surface area contributed by atoms with E-state index >= 15 is 0 Å². The van der Waals surface area contributed by atoms with Crippen LogP contribution in [0.2, 0.25) is 0 Å². The molecule has 0 radical (unpaired) electrons. The van der Waals surface area contributed by atoms with E-state index < -0.39 is 51.7 Å². The van der Waals surface area contributed by atoms with Crippen molar-refractivity contribution >= 4 is 50.1 Å². The third kappa shape index (κ3) is 5.78. The fourth-order valence-corrected chi connectivity index (χ4v) is 7.29. The maximum Gasteiger partial charge on any atom is 0.419 e. The van der Waals surface area contributed by atoms with Crippen molar-refractivity contribution in [2.75, 3.05) is 13.1 Å². The molecule has 0 saturated carbocycles. The van der Waals surface area contributed by atoms with Gasteiger partial charge < -0.3 is 14.7 Å². The predicted molar refractivity (Wildman–Crippen MR) is 144 cm³/mol. The Hall–Kier alpha value is -3.56. The van der Waals surface area contributed by atoms with Crippen molar-refractivity contribution in [1.82, 2.24) is 19.2 Å². The summed E-state index contributed by atoms with van der Waals surface area (Å²) in [7, 11) is -4.35. The van der Waals surface area contributed by atoms with Crippen molar-refractivity contribution in [3.63, 3.8) is 0 Å². The van der Waals surface area contributed by atoms with Crippen molar-refractivity contribution in [1.29, 1.82) is 0 Å². The first-order valence-electron chi connectivity index (χ1n) is 12.8. The number of hydrogen-bond donors (Lipinski definition) is 3. The lowest BCUT2D eigenvalue weighted by Crippen LogP contribution is -2.54. The van der Waals surface area contributed by atoms with Gasteiger partial charge in [-0.25, -0.2) is 18.7 Å². The molecule has 2 aliphatic heterocycles. The van der Waals surface area contributed by atoms with Gasteiger partial charge in [0.05, 0.1) is 0 Å². The van der Waals surface area contributed by atoms with Crippen molar-refractivity contribution in [2.24, 2.45) is 0 Å². The zero-order valence-electron chi connectivity index (χ0n) is 21.5. The van der Waals surface area contributed by atoms with E-state index in [2.05, 4.69) is 21.2 Å². The Morgan fingerprint density at radius 1 is 1.22 bits per heavy atom. The topological polar surface area (TPSA) is 162 Å². The Balaban J connectivity index is 1.44. The second-order valence-corrected chi connectivity index (χ2v) is 12.8. The van der Waals surface area contributed by atoms with Crippen LogP contribution in [0.15, 0.2) is 46.9 Å². The second kappa shape index (κ2) is 11.0. The number of piperidine rings is 1. The summed E-state index contributed by atoms with van der Waals surface area (Å²) in [4.78, 5) is 51.4. The van der Waals surface area contributed by atoms with E-state index in [-0.39, 0.29) is 38.4 Å². The summed E-state index contributed by atoms with van der Waals surface area (Å²) in [6, 6.07) is 10.1. The van der Waals surface area contributed by atoms with Crippen LogP contribution in [-0.4, -0.2) is 65.9 Å². The number of amides is 4. The van der Waals surface area contributed by atoms with E-state index in [9.17, 15) is 32.0 Å². The highest BCUT2D eigenvalue weighted by Gasteiger charge is 2.57. The quantitative estimate of drug-likeness (QED) is 0.411. The molecule has 2 aromatic rings. The van der Waals surface area contributed by atoms with Gasteiger partial charge in [-0.15, -0.1) is 0 Å². The number of nitrogens with zero attached hydrogens (tertiary/aromatic N) is 2. The monoisotopic (exact) mass is 652 g/mol. The molecule has 0 aromatic heterocycles. The maximum atomic E-state index is 14.0. The third-order valence-electron chi connectivity index (χ3n) is 7.64. The molecular formula is C26H26BrFN4O8S. The Bertz CT molecular complexity index is 1520. The summed E-state index contributed by atoms with van der Waals surface area (Å²) in [6.45, 7) is -0.0280. The third-order valence-corrected chi connectivity index (χ3v) is 9.57. The molecule has 5 rings (SSSR count). The molecule has 1 aliphatic carbocycles. The van der Waals surface area contributed by atoms with Gasteiger partial charge in [-0.2, -0.15) is 12.7 Å². The predicted octanol–water partition coefficient (Wildman–Crippen LogP) is 2.93. The van der Waals surface area contributed by atoms with Crippen LogP contribution in [0.5, 0.6) is 0 Å².